The maximum Gasteiger partial charge on any atom is 0.222 e. The van der Waals surface area contributed by atoms with Crippen LogP contribution in [0.5, 0.6) is 0 Å². The number of hydrogen-bond acceptors (Lipinski definition) is 2. The van der Waals surface area contributed by atoms with Gasteiger partial charge in [0.25, 0.3) is 0 Å². The molecular formula is C15H24N2O. The Morgan fingerprint density at radius 1 is 1.33 bits per heavy atom. The molecule has 1 aromatic rings. The number of carbonyl (C=O) groups is 1. The van der Waals surface area contributed by atoms with Gasteiger partial charge in [-0.3, -0.25) is 4.79 Å². The molecule has 0 atom stereocenters. The number of carbonyl (C=O) groups excluding carboxylic acids is 1. The summed E-state index contributed by atoms with van der Waals surface area (Å²) in [5, 5.41) is 0. The van der Waals surface area contributed by atoms with Gasteiger partial charge in [0.2, 0.25) is 5.91 Å². The van der Waals surface area contributed by atoms with Crippen molar-refractivity contribution in [1.82, 2.24) is 4.90 Å². The maximum atomic E-state index is 12.1. The standard InChI is InChI=1S/C15H24N2O/c1-4-14(5-2)17(3)15(18)10-9-12-7-6-8-13(16)11-12/h6-8,11,14H,4-5,9-10,16H2,1-3H3. The third-order valence-electron chi connectivity index (χ3n) is 3.46. The summed E-state index contributed by atoms with van der Waals surface area (Å²) in [6.45, 7) is 4.24. The molecule has 100 valence electrons. The zero-order valence-electron chi connectivity index (χ0n) is 11.6. The first kappa shape index (κ1) is 14.6. The fourth-order valence-corrected chi connectivity index (χ4v) is 2.22. The van der Waals surface area contributed by atoms with Crippen LogP contribution in [0.2, 0.25) is 0 Å². The Bertz CT molecular complexity index is 386. The predicted octanol–water partition coefficient (Wildman–Crippen LogP) is 2.85. The summed E-state index contributed by atoms with van der Waals surface area (Å²) in [4.78, 5) is 13.9. The number of benzene rings is 1. The van der Waals surface area contributed by atoms with Gasteiger partial charge in [-0.1, -0.05) is 26.0 Å². The lowest BCUT2D eigenvalue weighted by Gasteiger charge is -2.26. The summed E-state index contributed by atoms with van der Waals surface area (Å²) >= 11 is 0. The van der Waals surface area contributed by atoms with Gasteiger partial charge in [0.05, 0.1) is 0 Å². The number of nitrogen functional groups attached to an aromatic ring is 1. The first-order valence-corrected chi connectivity index (χ1v) is 6.68. The summed E-state index contributed by atoms with van der Waals surface area (Å²) in [5.41, 5.74) is 7.60. The number of hydrogen-bond donors (Lipinski definition) is 1. The third-order valence-corrected chi connectivity index (χ3v) is 3.46. The minimum absolute atomic E-state index is 0.214. The smallest absolute Gasteiger partial charge is 0.222 e. The molecule has 2 N–H and O–H groups in total. The van der Waals surface area contributed by atoms with Gasteiger partial charge in [0, 0.05) is 25.2 Å². The molecule has 0 spiro atoms. The van der Waals surface area contributed by atoms with Crippen molar-refractivity contribution in [1.29, 1.82) is 0 Å². The van der Waals surface area contributed by atoms with Crippen LogP contribution in [0.25, 0.3) is 0 Å². The molecule has 18 heavy (non-hydrogen) atoms. The van der Waals surface area contributed by atoms with E-state index in [0.717, 1.165) is 30.5 Å². The average Bonchev–Trinajstić information content (AvgIpc) is 2.37. The van der Waals surface area contributed by atoms with E-state index in [0.29, 0.717) is 12.5 Å². The molecule has 3 nitrogen and oxygen atoms in total. The molecule has 0 fully saturated rings. The summed E-state index contributed by atoms with van der Waals surface area (Å²) in [6.07, 6.45) is 3.33. The molecule has 1 rings (SSSR count). The SMILES string of the molecule is CCC(CC)N(C)C(=O)CCc1cccc(N)c1. The van der Waals surface area contributed by atoms with Gasteiger partial charge in [-0.25, -0.2) is 0 Å². The van der Waals surface area contributed by atoms with Gasteiger partial charge in [-0.2, -0.15) is 0 Å². The zero-order chi connectivity index (χ0) is 13.5. The highest BCUT2D eigenvalue weighted by molar-refractivity contribution is 5.76. The lowest BCUT2D eigenvalue weighted by Crippen LogP contribution is -2.36. The van der Waals surface area contributed by atoms with Crippen molar-refractivity contribution in [3.05, 3.63) is 29.8 Å². The molecular weight excluding hydrogens is 224 g/mol. The van der Waals surface area contributed by atoms with Gasteiger partial charge in [-0.15, -0.1) is 0 Å². The van der Waals surface area contributed by atoms with Crippen molar-refractivity contribution in [2.45, 2.75) is 45.6 Å². The van der Waals surface area contributed by atoms with Crippen LogP contribution in [0.3, 0.4) is 0 Å². The van der Waals surface area contributed by atoms with Crippen LogP contribution in [0.1, 0.15) is 38.7 Å². The van der Waals surface area contributed by atoms with E-state index in [1.54, 1.807) is 0 Å². The lowest BCUT2D eigenvalue weighted by atomic mass is 10.1. The minimum atomic E-state index is 0.214. The molecule has 1 amide bonds. The zero-order valence-corrected chi connectivity index (χ0v) is 11.6. The largest absolute Gasteiger partial charge is 0.399 e. The van der Waals surface area contributed by atoms with Crippen molar-refractivity contribution < 1.29 is 4.79 Å². The van der Waals surface area contributed by atoms with Crippen LogP contribution in [0, 0.1) is 0 Å². The number of rotatable bonds is 6. The third kappa shape index (κ3) is 4.06. The summed E-state index contributed by atoms with van der Waals surface area (Å²) < 4.78 is 0. The van der Waals surface area contributed by atoms with E-state index in [9.17, 15) is 4.79 Å². The Balaban J connectivity index is 2.50. The minimum Gasteiger partial charge on any atom is -0.399 e. The molecule has 1 aromatic carbocycles. The second kappa shape index (κ2) is 7.04. The molecule has 0 radical (unpaired) electrons. The highest BCUT2D eigenvalue weighted by Gasteiger charge is 2.16. The van der Waals surface area contributed by atoms with Crippen LogP contribution in [-0.4, -0.2) is 23.9 Å². The molecule has 0 aromatic heterocycles. The molecule has 3 heteroatoms. The number of anilines is 1. The van der Waals surface area contributed by atoms with Gasteiger partial charge in [-0.05, 0) is 37.0 Å². The number of aryl methyl sites for hydroxylation is 1. The Hall–Kier alpha value is -1.51. The van der Waals surface area contributed by atoms with Crippen molar-refractivity contribution in [3.8, 4) is 0 Å². The Labute approximate surface area is 110 Å². The fourth-order valence-electron chi connectivity index (χ4n) is 2.22. The first-order valence-electron chi connectivity index (χ1n) is 6.68. The molecule has 0 saturated heterocycles. The molecule has 0 aliphatic rings. The maximum absolute atomic E-state index is 12.1. The van der Waals surface area contributed by atoms with E-state index in [4.69, 9.17) is 5.73 Å². The van der Waals surface area contributed by atoms with Crippen LogP contribution < -0.4 is 5.73 Å². The van der Waals surface area contributed by atoms with E-state index in [-0.39, 0.29) is 5.91 Å². The fraction of sp³-hybridized carbons (Fsp3) is 0.533. The molecule has 0 aliphatic heterocycles. The molecule has 0 aliphatic carbocycles. The molecule has 0 saturated carbocycles. The predicted molar refractivity (Wildman–Crippen MR) is 76.3 cm³/mol. The van der Waals surface area contributed by atoms with Crippen molar-refractivity contribution >= 4 is 11.6 Å². The van der Waals surface area contributed by atoms with Crippen molar-refractivity contribution in [2.75, 3.05) is 12.8 Å². The summed E-state index contributed by atoms with van der Waals surface area (Å²) in [7, 11) is 1.90. The molecule has 0 unspecified atom stereocenters. The van der Waals surface area contributed by atoms with Crippen molar-refractivity contribution in [3.63, 3.8) is 0 Å². The first-order chi connectivity index (χ1) is 8.58. The highest BCUT2D eigenvalue weighted by atomic mass is 16.2. The second-order valence-electron chi connectivity index (χ2n) is 4.72. The summed E-state index contributed by atoms with van der Waals surface area (Å²) in [5.74, 6) is 0.214. The van der Waals surface area contributed by atoms with E-state index in [2.05, 4.69) is 13.8 Å². The second-order valence-corrected chi connectivity index (χ2v) is 4.72. The highest BCUT2D eigenvalue weighted by Crippen LogP contribution is 2.12. The quantitative estimate of drug-likeness (QED) is 0.787. The van der Waals surface area contributed by atoms with Crippen LogP contribution in [-0.2, 0) is 11.2 Å². The Kier molecular flexibility index (Phi) is 5.69. The lowest BCUT2D eigenvalue weighted by molar-refractivity contribution is -0.132. The van der Waals surface area contributed by atoms with Crippen LogP contribution in [0.15, 0.2) is 24.3 Å². The van der Waals surface area contributed by atoms with Gasteiger partial charge in [0.15, 0.2) is 0 Å². The normalized spacial score (nSPS) is 10.7. The van der Waals surface area contributed by atoms with E-state index in [1.165, 1.54) is 0 Å². The number of nitrogens with zero attached hydrogens (tertiary/aromatic N) is 1. The monoisotopic (exact) mass is 248 g/mol. The van der Waals surface area contributed by atoms with Gasteiger partial charge >= 0.3 is 0 Å². The topological polar surface area (TPSA) is 46.3 Å². The summed E-state index contributed by atoms with van der Waals surface area (Å²) in [6, 6.07) is 8.10. The van der Waals surface area contributed by atoms with Gasteiger partial charge in [0.1, 0.15) is 0 Å². The van der Waals surface area contributed by atoms with Crippen LogP contribution >= 0.6 is 0 Å². The number of nitrogens with two attached hydrogens (primary N) is 1. The van der Waals surface area contributed by atoms with E-state index >= 15 is 0 Å². The Morgan fingerprint density at radius 2 is 2.00 bits per heavy atom. The van der Waals surface area contributed by atoms with Gasteiger partial charge < -0.3 is 10.6 Å². The van der Waals surface area contributed by atoms with E-state index < -0.39 is 0 Å². The Morgan fingerprint density at radius 3 is 2.56 bits per heavy atom. The van der Waals surface area contributed by atoms with Crippen LogP contribution in [0.4, 0.5) is 5.69 Å². The molecule has 0 bridgehead atoms. The number of amides is 1. The molecule has 0 heterocycles. The van der Waals surface area contributed by atoms with E-state index in [1.807, 2.05) is 36.2 Å². The average molecular weight is 248 g/mol. The van der Waals surface area contributed by atoms with Crippen molar-refractivity contribution in [2.24, 2.45) is 0 Å².